The van der Waals surface area contributed by atoms with Crippen LogP contribution < -0.4 is 9.64 Å². The molecule has 29 heavy (non-hydrogen) atoms. The zero-order valence-electron chi connectivity index (χ0n) is 16.0. The molecule has 0 spiro atoms. The molecule has 3 aromatic rings. The van der Waals surface area contributed by atoms with Crippen molar-refractivity contribution < 1.29 is 22.7 Å². The molecule has 0 saturated carbocycles. The fraction of sp³-hybridized carbons (Fsp3) is 0.333. The molecule has 1 saturated heterocycles. The van der Waals surface area contributed by atoms with E-state index in [-0.39, 0.29) is 30.2 Å². The topological polar surface area (TPSA) is 58.2 Å². The number of fused-ring (bicyclic) bond motifs is 1. The lowest BCUT2D eigenvalue weighted by Gasteiger charge is -2.46. The summed E-state index contributed by atoms with van der Waals surface area (Å²) in [5, 5.41) is 0. The number of aromatic amines is 1. The number of hydrogen-bond acceptors (Lipinski definition) is 3. The van der Waals surface area contributed by atoms with Gasteiger partial charge in [-0.15, -0.1) is 0 Å². The van der Waals surface area contributed by atoms with Crippen LogP contribution in [0.3, 0.4) is 0 Å². The summed E-state index contributed by atoms with van der Waals surface area (Å²) in [6, 6.07) is 6.54. The highest BCUT2D eigenvalue weighted by atomic mass is 19.1. The van der Waals surface area contributed by atoms with E-state index in [1.54, 1.807) is 25.1 Å². The molecule has 0 aliphatic carbocycles. The second kappa shape index (κ2) is 7.42. The van der Waals surface area contributed by atoms with E-state index in [2.05, 4.69) is 9.97 Å². The fourth-order valence-corrected chi connectivity index (χ4v) is 3.64. The Labute approximate surface area is 165 Å². The summed E-state index contributed by atoms with van der Waals surface area (Å²) in [5.41, 5.74) is 1.80. The number of anilines is 1. The maximum atomic E-state index is 14.8. The second-order valence-corrected chi connectivity index (χ2v) is 7.26. The first-order chi connectivity index (χ1) is 13.9. The summed E-state index contributed by atoms with van der Waals surface area (Å²) in [4.78, 5) is 21.0. The highest BCUT2D eigenvalue weighted by Gasteiger charge is 2.48. The SMILES string of the molecule is CC(F)CCOc1cc(F)c(C2C(C)C(=O)N2c2ccc3nc[nH]c3c2)c(F)c1. The second-order valence-electron chi connectivity index (χ2n) is 7.26. The largest absolute Gasteiger partial charge is 0.493 e. The Morgan fingerprint density at radius 2 is 1.97 bits per heavy atom. The summed E-state index contributed by atoms with van der Waals surface area (Å²) < 4.78 is 47.8. The number of imidazole rings is 1. The van der Waals surface area contributed by atoms with E-state index in [0.29, 0.717) is 5.69 Å². The molecule has 8 heteroatoms. The van der Waals surface area contributed by atoms with Gasteiger partial charge in [0, 0.05) is 29.8 Å². The number of alkyl halides is 1. The molecule has 0 bridgehead atoms. The van der Waals surface area contributed by atoms with Gasteiger partial charge in [0.05, 0.1) is 35.9 Å². The van der Waals surface area contributed by atoms with Gasteiger partial charge in [0.2, 0.25) is 5.91 Å². The summed E-state index contributed by atoms with van der Waals surface area (Å²) in [6.45, 7) is 3.05. The predicted molar refractivity (Wildman–Crippen MR) is 103 cm³/mol. The minimum atomic E-state index is -1.06. The van der Waals surface area contributed by atoms with Crippen LogP contribution in [0.2, 0.25) is 0 Å². The number of H-pyrrole nitrogens is 1. The number of β-lactam (4-membered cyclic amide) rings is 1. The Morgan fingerprint density at radius 3 is 2.66 bits per heavy atom. The molecule has 2 aromatic carbocycles. The molecule has 1 aromatic heterocycles. The average Bonchev–Trinajstić information content (AvgIpc) is 3.14. The molecular formula is C21H20F3N3O2. The number of rotatable bonds is 6. The molecule has 1 aliphatic rings. The molecular weight excluding hydrogens is 383 g/mol. The van der Waals surface area contributed by atoms with Gasteiger partial charge >= 0.3 is 0 Å². The number of ether oxygens (including phenoxy) is 1. The van der Waals surface area contributed by atoms with Crippen LogP contribution in [-0.2, 0) is 4.79 Å². The van der Waals surface area contributed by atoms with Crippen molar-refractivity contribution in [3.05, 3.63) is 53.9 Å². The zero-order valence-corrected chi connectivity index (χ0v) is 16.0. The van der Waals surface area contributed by atoms with Gasteiger partial charge in [-0.3, -0.25) is 4.79 Å². The fourth-order valence-electron chi connectivity index (χ4n) is 3.64. The van der Waals surface area contributed by atoms with Gasteiger partial charge in [-0.2, -0.15) is 0 Å². The minimum absolute atomic E-state index is 0.00636. The van der Waals surface area contributed by atoms with Gasteiger partial charge in [-0.05, 0) is 25.1 Å². The summed E-state index contributed by atoms with van der Waals surface area (Å²) in [6.07, 6.45) is 0.601. The van der Waals surface area contributed by atoms with E-state index in [1.807, 2.05) is 0 Å². The van der Waals surface area contributed by atoms with E-state index in [1.165, 1.54) is 18.2 Å². The quantitative estimate of drug-likeness (QED) is 0.608. The summed E-state index contributed by atoms with van der Waals surface area (Å²) in [7, 11) is 0. The normalized spacial score (nSPS) is 20.0. The lowest BCUT2D eigenvalue weighted by Crippen LogP contribution is -2.54. The molecule has 2 heterocycles. The van der Waals surface area contributed by atoms with E-state index in [4.69, 9.17) is 4.74 Å². The highest BCUT2D eigenvalue weighted by Crippen LogP contribution is 2.45. The standard InChI is InChI=1S/C21H20F3N3O2/c1-11(22)5-6-29-14-8-15(23)19(16(24)9-14)20-12(2)21(28)27(20)13-3-4-17-18(7-13)26-10-25-17/h3-4,7-12,20H,5-6H2,1-2H3,(H,25,26). The Morgan fingerprint density at radius 1 is 1.24 bits per heavy atom. The van der Waals surface area contributed by atoms with Crippen LogP contribution in [0, 0.1) is 17.6 Å². The van der Waals surface area contributed by atoms with E-state index >= 15 is 0 Å². The molecule has 1 aliphatic heterocycles. The van der Waals surface area contributed by atoms with Crippen molar-refractivity contribution in [1.82, 2.24) is 9.97 Å². The molecule has 3 atom stereocenters. The number of benzene rings is 2. The van der Waals surface area contributed by atoms with E-state index in [9.17, 15) is 18.0 Å². The molecule has 1 N–H and O–H groups in total. The first-order valence-electron chi connectivity index (χ1n) is 9.39. The van der Waals surface area contributed by atoms with Crippen LogP contribution in [0.5, 0.6) is 5.75 Å². The first kappa shape index (κ1) is 19.3. The number of amides is 1. The monoisotopic (exact) mass is 403 g/mol. The van der Waals surface area contributed by atoms with E-state index in [0.717, 1.165) is 23.2 Å². The molecule has 1 fully saturated rings. The molecule has 4 rings (SSSR count). The third kappa shape index (κ3) is 3.43. The van der Waals surface area contributed by atoms with Gasteiger partial charge in [-0.1, -0.05) is 6.92 Å². The number of nitrogens with one attached hydrogen (secondary N) is 1. The van der Waals surface area contributed by atoms with E-state index < -0.39 is 29.8 Å². The number of halogens is 3. The highest BCUT2D eigenvalue weighted by molar-refractivity contribution is 6.04. The molecule has 0 radical (unpaired) electrons. The van der Waals surface area contributed by atoms with Crippen LogP contribution in [0.25, 0.3) is 11.0 Å². The third-order valence-electron chi connectivity index (χ3n) is 5.19. The average molecular weight is 403 g/mol. The van der Waals surface area contributed by atoms with Crippen LogP contribution in [0.4, 0.5) is 18.9 Å². The third-order valence-corrected chi connectivity index (χ3v) is 5.19. The van der Waals surface area contributed by atoms with Crippen molar-refractivity contribution in [2.75, 3.05) is 11.5 Å². The summed E-state index contributed by atoms with van der Waals surface area (Å²) >= 11 is 0. The lowest BCUT2D eigenvalue weighted by molar-refractivity contribution is -0.129. The zero-order chi connectivity index (χ0) is 20.7. The number of aromatic nitrogens is 2. The number of carbonyl (C=O) groups excluding carboxylic acids is 1. The van der Waals surface area contributed by atoms with Crippen molar-refractivity contribution in [1.29, 1.82) is 0 Å². The Bertz CT molecular complexity index is 1040. The van der Waals surface area contributed by atoms with Crippen LogP contribution in [-0.4, -0.2) is 28.7 Å². The summed E-state index contributed by atoms with van der Waals surface area (Å²) in [5.74, 6) is -2.40. The first-order valence-corrected chi connectivity index (χ1v) is 9.39. The van der Waals surface area contributed by atoms with Crippen LogP contribution in [0.1, 0.15) is 31.9 Å². The Balaban J connectivity index is 1.64. The van der Waals surface area contributed by atoms with Crippen molar-refractivity contribution in [2.24, 2.45) is 5.92 Å². The van der Waals surface area contributed by atoms with Gasteiger partial charge in [0.15, 0.2) is 0 Å². The van der Waals surface area contributed by atoms with Crippen LogP contribution >= 0.6 is 0 Å². The number of hydrogen-bond donors (Lipinski definition) is 1. The van der Waals surface area contributed by atoms with Crippen molar-refractivity contribution in [2.45, 2.75) is 32.5 Å². The van der Waals surface area contributed by atoms with Crippen molar-refractivity contribution >= 4 is 22.6 Å². The van der Waals surface area contributed by atoms with Gasteiger partial charge in [0.1, 0.15) is 23.6 Å². The smallest absolute Gasteiger partial charge is 0.232 e. The molecule has 1 amide bonds. The molecule has 3 unspecified atom stereocenters. The van der Waals surface area contributed by atoms with Gasteiger partial charge in [-0.25, -0.2) is 18.2 Å². The molecule has 5 nitrogen and oxygen atoms in total. The number of nitrogens with zero attached hydrogens (tertiary/aromatic N) is 2. The van der Waals surface area contributed by atoms with Crippen molar-refractivity contribution in [3.63, 3.8) is 0 Å². The lowest BCUT2D eigenvalue weighted by atomic mass is 9.82. The van der Waals surface area contributed by atoms with Gasteiger partial charge in [0.25, 0.3) is 0 Å². The maximum absolute atomic E-state index is 14.8. The minimum Gasteiger partial charge on any atom is -0.493 e. The molecule has 152 valence electrons. The van der Waals surface area contributed by atoms with Crippen molar-refractivity contribution in [3.8, 4) is 5.75 Å². The number of carbonyl (C=O) groups is 1. The Hall–Kier alpha value is -3.03. The maximum Gasteiger partial charge on any atom is 0.232 e. The van der Waals surface area contributed by atoms with Gasteiger partial charge < -0.3 is 14.6 Å². The Kier molecular flexibility index (Phi) is 4.94. The predicted octanol–water partition coefficient (Wildman–Crippen LogP) is 4.69. The van der Waals surface area contributed by atoms with Crippen LogP contribution in [0.15, 0.2) is 36.7 Å².